The molecule has 1 N–H and O–H groups in total. The molecule has 2 aromatic rings. The Morgan fingerprint density at radius 3 is 2.68 bits per heavy atom. The Kier molecular flexibility index (Phi) is 4.70. The normalized spacial score (nSPS) is 21.9. The molecule has 0 spiro atoms. The maximum atomic E-state index is 12.5. The molecule has 4 rings (SSSR count). The number of carbonyl (C=O) groups is 1. The van der Waals surface area contributed by atoms with Crippen LogP contribution in [0.2, 0.25) is 0 Å². The van der Waals surface area contributed by atoms with Crippen molar-refractivity contribution < 1.29 is 19.2 Å². The van der Waals surface area contributed by atoms with Gasteiger partial charge in [-0.05, 0) is 23.8 Å². The summed E-state index contributed by atoms with van der Waals surface area (Å²) in [5.41, 5.74) is 2.15. The van der Waals surface area contributed by atoms with Crippen LogP contribution in [0.25, 0.3) is 0 Å². The highest BCUT2D eigenvalue weighted by molar-refractivity contribution is 5.96. The molecule has 0 bridgehead atoms. The van der Waals surface area contributed by atoms with Crippen LogP contribution >= 0.6 is 0 Å². The molecule has 2 atom stereocenters. The van der Waals surface area contributed by atoms with E-state index in [1.54, 1.807) is 0 Å². The standard InChI is InChI=1S/C21H23NO3/c23-19(17-6-7-20-21(14-17)25-13-12-24-20)9-11-22-10-8-18(15-22)16-4-2-1-3-5-16/h1-7,14,18H,8-13,15H2/p+1/t18-/m0/s1. The fourth-order valence-electron chi connectivity index (χ4n) is 3.82. The maximum absolute atomic E-state index is 12.5. The van der Waals surface area contributed by atoms with Crippen LogP contribution in [0.15, 0.2) is 48.5 Å². The zero-order chi connectivity index (χ0) is 17.1. The van der Waals surface area contributed by atoms with Crippen LogP contribution in [-0.4, -0.2) is 38.6 Å². The van der Waals surface area contributed by atoms with Crippen molar-refractivity contribution in [3.8, 4) is 11.5 Å². The number of ketones is 1. The molecule has 0 radical (unpaired) electrons. The van der Waals surface area contributed by atoms with Crippen molar-refractivity contribution in [2.75, 3.05) is 32.8 Å². The van der Waals surface area contributed by atoms with E-state index in [-0.39, 0.29) is 5.78 Å². The molecule has 2 heterocycles. The second kappa shape index (κ2) is 7.28. The molecule has 2 aromatic carbocycles. The minimum atomic E-state index is 0.188. The zero-order valence-electron chi connectivity index (χ0n) is 14.4. The minimum Gasteiger partial charge on any atom is -0.486 e. The van der Waals surface area contributed by atoms with Crippen molar-refractivity contribution in [1.29, 1.82) is 0 Å². The van der Waals surface area contributed by atoms with E-state index in [0.29, 0.717) is 31.3 Å². The number of quaternary nitrogens is 1. The third kappa shape index (κ3) is 3.69. The lowest BCUT2D eigenvalue weighted by Crippen LogP contribution is -3.10. The van der Waals surface area contributed by atoms with Gasteiger partial charge < -0.3 is 14.4 Å². The highest BCUT2D eigenvalue weighted by Crippen LogP contribution is 2.31. The third-order valence-electron chi connectivity index (χ3n) is 5.22. The van der Waals surface area contributed by atoms with Gasteiger partial charge in [0.05, 0.1) is 26.1 Å². The number of nitrogens with one attached hydrogen (secondary N) is 1. The van der Waals surface area contributed by atoms with Crippen LogP contribution in [0, 0.1) is 0 Å². The highest BCUT2D eigenvalue weighted by atomic mass is 16.6. The number of ether oxygens (including phenoxy) is 2. The van der Waals surface area contributed by atoms with Gasteiger partial charge in [0.1, 0.15) is 13.2 Å². The van der Waals surface area contributed by atoms with Crippen LogP contribution in [0.5, 0.6) is 11.5 Å². The van der Waals surface area contributed by atoms with Crippen molar-refractivity contribution >= 4 is 5.78 Å². The maximum Gasteiger partial charge on any atom is 0.168 e. The molecule has 1 unspecified atom stereocenters. The second-order valence-corrected chi connectivity index (χ2v) is 6.88. The van der Waals surface area contributed by atoms with Crippen LogP contribution < -0.4 is 14.4 Å². The Balaban J connectivity index is 1.32. The number of carbonyl (C=O) groups excluding carboxylic acids is 1. The van der Waals surface area contributed by atoms with Gasteiger partial charge in [-0.3, -0.25) is 4.79 Å². The van der Waals surface area contributed by atoms with Gasteiger partial charge in [0.2, 0.25) is 0 Å². The summed E-state index contributed by atoms with van der Waals surface area (Å²) in [5.74, 6) is 2.24. The summed E-state index contributed by atoms with van der Waals surface area (Å²) in [4.78, 5) is 14.1. The first-order valence-electron chi connectivity index (χ1n) is 9.11. The lowest BCUT2D eigenvalue weighted by molar-refractivity contribution is -0.887. The molecule has 1 fully saturated rings. The van der Waals surface area contributed by atoms with E-state index >= 15 is 0 Å². The van der Waals surface area contributed by atoms with E-state index in [9.17, 15) is 4.79 Å². The van der Waals surface area contributed by atoms with E-state index in [2.05, 4.69) is 30.3 Å². The van der Waals surface area contributed by atoms with Gasteiger partial charge in [0, 0.05) is 17.9 Å². The average molecular weight is 338 g/mol. The fraction of sp³-hybridized carbons (Fsp3) is 0.381. The molecular weight excluding hydrogens is 314 g/mol. The van der Waals surface area contributed by atoms with Crippen molar-refractivity contribution in [3.05, 3.63) is 59.7 Å². The summed E-state index contributed by atoms with van der Waals surface area (Å²) in [5, 5.41) is 0. The Hall–Kier alpha value is -2.33. The summed E-state index contributed by atoms with van der Waals surface area (Å²) >= 11 is 0. The molecule has 25 heavy (non-hydrogen) atoms. The van der Waals surface area contributed by atoms with Gasteiger partial charge in [-0.15, -0.1) is 0 Å². The first-order valence-corrected chi connectivity index (χ1v) is 9.11. The summed E-state index contributed by atoms with van der Waals surface area (Å²) in [7, 11) is 0. The lowest BCUT2D eigenvalue weighted by atomic mass is 9.99. The minimum absolute atomic E-state index is 0.188. The Morgan fingerprint density at radius 1 is 1.04 bits per heavy atom. The number of Topliss-reactive ketones (excluding diaryl/α,β-unsaturated/α-hetero) is 1. The monoisotopic (exact) mass is 338 g/mol. The zero-order valence-corrected chi connectivity index (χ0v) is 14.4. The first kappa shape index (κ1) is 16.2. The molecule has 130 valence electrons. The van der Waals surface area contributed by atoms with Crippen molar-refractivity contribution in [2.45, 2.75) is 18.8 Å². The molecule has 2 aliphatic rings. The summed E-state index contributed by atoms with van der Waals surface area (Å²) in [6.07, 6.45) is 1.79. The Bertz CT molecular complexity index is 744. The molecule has 1 saturated heterocycles. The number of fused-ring (bicyclic) bond motifs is 1. The Morgan fingerprint density at radius 2 is 1.84 bits per heavy atom. The second-order valence-electron chi connectivity index (χ2n) is 6.88. The predicted molar refractivity (Wildman–Crippen MR) is 95.7 cm³/mol. The smallest absolute Gasteiger partial charge is 0.168 e. The number of benzene rings is 2. The fourth-order valence-corrected chi connectivity index (χ4v) is 3.82. The van der Waals surface area contributed by atoms with Crippen LogP contribution in [-0.2, 0) is 0 Å². The summed E-state index contributed by atoms with van der Waals surface area (Å²) in [6, 6.07) is 16.2. The summed E-state index contributed by atoms with van der Waals surface area (Å²) < 4.78 is 11.1. The van der Waals surface area contributed by atoms with E-state index in [4.69, 9.17) is 9.47 Å². The van der Waals surface area contributed by atoms with E-state index in [1.165, 1.54) is 16.9 Å². The van der Waals surface area contributed by atoms with Gasteiger partial charge >= 0.3 is 0 Å². The number of hydrogen-bond donors (Lipinski definition) is 1. The Labute approximate surface area is 148 Å². The molecule has 2 aliphatic heterocycles. The largest absolute Gasteiger partial charge is 0.486 e. The quantitative estimate of drug-likeness (QED) is 0.849. The lowest BCUT2D eigenvalue weighted by Gasteiger charge is -2.18. The molecular formula is C21H24NO3+. The number of rotatable bonds is 5. The summed E-state index contributed by atoms with van der Waals surface area (Å²) in [6.45, 7) is 4.29. The molecule has 0 aromatic heterocycles. The van der Waals surface area contributed by atoms with E-state index < -0.39 is 0 Å². The number of likely N-dealkylation sites (tertiary alicyclic amines) is 1. The van der Waals surface area contributed by atoms with Crippen molar-refractivity contribution in [3.63, 3.8) is 0 Å². The number of hydrogen-bond acceptors (Lipinski definition) is 3. The highest BCUT2D eigenvalue weighted by Gasteiger charge is 2.27. The molecule has 4 nitrogen and oxygen atoms in total. The topological polar surface area (TPSA) is 40.0 Å². The van der Waals surface area contributed by atoms with Crippen LogP contribution in [0.4, 0.5) is 0 Å². The van der Waals surface area contributed by atoms with Crippen LogP contribution in [0.3, 0.4) is 0 Å². The molecule has 0 amide bonds. The molecule has 0 saturated carbocycles. The first-order chi connectivity index (χ1) is 12.3. The average Bonchev–Trinajstić information content (AvgIpc) is 3.15. The van der Waals surface area contributed by atoms with E-state index in [0.717, 1.165) is 30.9 Å². The van der Waals surface area contributed by atoms with Crippen molar-refractivity contribution in [2.24, 2.45) is 0 Å². The van der Waals surface area contributed by atoms with Gasteiger partial charge in [-0.1, -0.05) is 30.3 Å². The van der Waals surface area contributed by atoms with E-state index in [1.807, 2.05) is 18.2 Å². The van der Waals surface area contributed by atoms with Gasteiger partial charge in [0.15, 0.2) is 17.3 Å². The van der Waals surface area contributed by atoms with Crippen LogP contribution in [0.1, 0.15) is 34.7 Å². The van der Waals surface area contributed by atoms with Gasteiger partial charge in [-0.2, -0.15) is 0 Å². The van der Waals surface area contributed by atoms with Gasteiger partial charge in [0.25, 0.3) is 0 Å². The van der Waals surface area contributed by atoms with Crippen molar-refractivity contribution in [1.82, 2.24) is 0 Å². The predicted octanol–water partition coefficient (Wildman–Crippen LogP) is 2.10. The molecule has 0 aliphatic carbocycles. The SMILES string of the molecule is O=C(CC[NH+]1CC[C@H](c2ccccc2)C1)c1ccc2c(c1)OCCO2. The molecule has 4 heteroatoms. The van der Waals surface area contributed by atoms with Gasteiger partial charge in [-0.25, -0.2) is 0 Å². The third-order valence-corrected chi connectivity index (χ3v) is 5.22.